The Balaban J connectivity index is 1.76. The van der Waals surface area contributed by atoms with Gasteiger partial charge < -0.3 is 54.3 Å². The van der Waals surface area contributed by atoms with Crippen molar-refractivity contribution in [3.63, 3.8) is 0 Å². The fraction of sp³-hybridized carbons (Fsp3) is 0.864. The highest BCUT2D eigenvalue weighted by molar-refractivity contribution is 7.81. The Kier molecular flexibility index (Phi) is 14.2. The van der Waals surface area contributed by atoms with Gasteiger partial charge in [-0.3, -0.25) is 13.7 Å². The Morgan fingerprint density at radius 2 is 1.24 bits per heavy atom. The summed E-state index contributed by atoms with van der Waals surface area (Å²) in [7, 11) is -15.6. The standard InChI is InChI=1S/C22H36O24S3/c1-8-19(45-48(33,34)35)18(26)20(46-49(36,37)38)15(42-8)6-39-3-9-10(22(29)44-14(16(9)24)7-41-47(30,31)32)4-40-5-13-17(25)11(23)2-12(43-13)21(27)28/h2,8-11,13-20,22-26,29H,3-7H2,1H3,(H,27,28)(H,30,31,32)(H,33,34,35)(H,36,37,38)/t8?,9?,10?,11?,13-,14?,15-,16-,17?,18?,19+,20?,22?/m0/s1. The van der Waals surface area contributed by atoms with E-state index in [1.54, 1.807) is 0 Å². The fourth-order valence-electron chi connectivity index (χ4n) is 5.24. The van der Waals surface area contributed by atoms with E-state index >= 15 is 0 Å². The van der Waals surface area contributed by atoms with Crippen molar-refractivity contribution in [1.29, 1.82) is 0 Å². The van der Waals surface area contributed by atoms with Crippen LogP contribution in [0, 0.1) is 11.8 Å². The number of hydrogen-bond acceptors (Lipinski definition) is 20. The van der Waals surface area contributed by atoms with Gasteiger partial charge in [0.15, 0.2) is 12.4 Å². The van der Waals surface area contributed by atoms with E-state index in [0.29, 0.717) is 0 Å². The highest BCUT2D eigenvalue weighted by Crippen LogP contribution is 2.33. The SMILES string of the molecule is CC1O[C@@H](COCC2C(COC[C@@H]3OC(C(=O)O)=CC(O)C3O)C(O)OC(COS(=O)(=O)O)[C@H]2O)C(OS(=O)(=O)O)C(O)[C@@H]1OS(=O)(=O)O. The Bertz CT molecular complexity index is 1480. The average Bonchev–Trinajstić information content (AvgIpc) is 2.95. The van der Waals surface area contributed by atoms with Crippen molar-refractivity contribution in [3.8, 4) is 0 Å². The minimum Gasteiger partial charge on any atom is -0.478 e. The third kappa shape index (κ3) is 12.2. The molecule has 24 nitrogen and oxygen atoms in total. The maximum absolute atomic E-state index is 11.5. The van der Waals surface area contributed by atoms with Crippen molar-refractivity contribution in [1.82, 2.24) is 0 Å². The molecule has 49 heavy (non-hydrogen) atoms. The summed E-state index contributed by atoms with van der Waals surface area (Å²) < 4.78 is 134. The van der Waals surface area contributed by atoms with Crippen molar-refractivity contribution in [2.75, 3.05) is 33.0 Å². The van der Waals surface area contributed by atoms with Gasteiger partial charge >= 0.3 is 37.2 Å². The summed E-state index contributed by atoms with van der Waals surface area (Å²) in [6.45, 7) is -2.39. The van der Waals surface area contributed by atoms with Crippen molar-refractivity contribution >= 4 is 37.2 Å². The molecule has 2 saturated heterocycles. The smallest absolute Gasteiger partial charge is 0.397 e. The molecule has 9 unspecified atom stereocenters. The van der Waals surface area contributed by atoms with Gasteiger partial charge in [0.05, 0.1) is 45.2 Å². The van der Waals surface area contributed by atoms with Gasteiger partial charge in [-0.2, -0.15) is 25.3 Å². The lowest BCUT2D eigenvalue weighted by Crippen LogP contribution is -2.60. The van der Waals surface area contributed by atoms with Crippen LogP contribution in [0.15, 0.2) is 11.8 Å². The molecule has 9 N–H and O–H groups in total. The molecular weight excluding hydrogens is 744 g/mol. The molecule has 0 aromatic carbocycles. The first-order chi connectivity index (χ1) is 22.5. The molecule has 0 spiro atoms. The van der Waals surface area contributed by atoms with Crippen LogP contribution in [0.4, 0.5) is 0 Å². The van der Waals surface area contributed by atoms with Crippen LogP contribution in [0.3, 0.4) is 0 Å². The summed E-state index contributed by atoms with van der Waals surface area (Å²) >= 11 is 0. The Hall–Kier alpha value is -1.74. The van der Waals surface area contributed by atoms with E-state index < -0.39 is 155 Å². The first kappa shape index (κ1) is 41.7. The monoisotopic (exact) mass is 780 g/mol. The van der Waals surface area contributed by atoms with Gasteiger partial charge in [-0.1, -0.05) is 0 Å². The zero-order chi connectivity index (χ0) is 37.1. The maximum atomic E-state index is 11.5. The lowest BCUT2D eigenvalue weighted by molar-refractivity contribution is -0.272. The topological polar surface area (TPSA) is 375 Å². The van der Waals surface area contributed by atoms with Crippen LogP contribution >= 0.6 is 0 Å². The summed E-state index contributed by atoms with van der Waals surface area (Å²) in [5.41, 5.74) is 0. The normalized spacial score (nSPS) is 37.7. The van der Waals surface area contributed by atoms with Crippen molar-refractivity contribution in [2.24, 2.45) is 11.8 Å². The number of aliphatic hydroxyl groups is 5. The van der Waals surface area contributed by atoms with Crippen LogP contribution in [-0.4, -0.2) is 176 Å². The van der Waals surface area contributed by atoms with Crippen LogP contribution in [0.1, 0.15) is 6.92 Å². The maximum Gasteiger partial charge on any atom is 0.397 e. The summed E-state index contributed by atoms with van der Waals surface area (Å²) in [5, 5.41) is 61.5. The molecule has 0 aromatic rings. The zero-order valence-corrected chi connectivity index (χ0v) is 27.4. The van der Waals surface area contributed by atoms with Crippen LogP contribution in [0.25, 0.3) is 0 Å². The van der Waals surface area contributed by atoms with E-state index in [1.165, 1.54) is 0 Å². The highest BCUT2D eigenvalue weighted by Gasteiger charge is 2.50. The molecule has 0 aromatic heterocycles. The molecular formula is C22H36O24S3. The molecule has 0 aliphatic carbocycles. The summed E-state index contributed by atoms with van der Waals surface area (Å²) in [6.07, 6.45) is -18.5. The van der Waals surface area contributed by atoms with Gasteiger partial charge in [0, 0.05) is 11.8 Å². The molecule has 3 rings (SSSR count). The molecule has 3 aliphatic rings. The van der Waals surface area contributed by atoms with E-state index in [1.807, 2.05) is 0 Å². The number of rotatable bonds is 16. The summed E-state index contributed by atoms with van der Waals surface area (Å²) in [6, 6.07) is 0. The van der Waals surface area contributed by atoms with Crippen molar-refractivity contribution in [3.05, 3.63) is 11.8 Å². The lowest BCUT2D eigenvalue weighted by Gasteiger charge is -2.44. The second kappa shape index (κ2) is 16.7. The Labute approximate surface area is 278 Å². The molecule has 0 amide bonds. The minimum absolute atomic E-state index is 0.564. The van der Waals surface area contributed by atoms with Crippen LogP contribution in [0.2, 0.25) is 0 Å². The quantitative estimate of drug-likeness (QED) is 0.0661. The van der Waals surface area contributed by atoms with Gasteiger partial charge in [-0.25, -0.2) is 17.3 Å². The van der Waals surface area contributed by atoms with E-state index in [-0.39, 0.29) is 0 Å². The number of ether oxygens (including phenoxy) is 5. The largest absolute Gasteiger partial charge is 0.478 e. The predicted octanol–water partition coefficient (Wildman–Crippen LogP) is -5.24. The molecule has 286 valence electrons. The molecule has 13 atom stereocenters. The third-order valence-corrected chi connectivity index (χ3v) is 8.88. The highest BCUT2D eigenvalue weighted by atomic mass is 32.3. The molecule has 0 bridgehead atoms. The van der Waals surface area contributed by atoms with Crippen molar-refractivity contribution < 1.29 is 111 Å². The zero-order valence-electron chi connectivity index (χ0n) is 25.0. The lowest BCUT2D eigenvalue weighted by atomic mass is 9.83. The van der Waals surface area contributed by atoms with Crippen LogP contribution < -0.4 is 0 Å². The number of aliphatic carboxylic acids is 1. The molecule has 2 fully saturated rings. The number of hydrogen-bond donors (Lipinski definition) is 9. The van der Waals surface area contributed by atoms with Gasteiger partial charge in [0.25, 0.3) is 0 Å². The van der Waals surface area contributed by atoms with Gasteiger partial charge in [-0.05, 0) is 13.0 Å². The molecule has 27 heteroatoms. The third-order valence-electron chi connectivity index (χ3n) is 7.52. The molecule has 3 heterocycles. The van der Waals surface area contributed by atoms with E-state index in [4.69, 9.17) is 37.9 Å². The van der Waals surface area contributed by atoms with Gasteiger partial charge in [0.1, 0.15) is 42.7 Å². The van der Waals surface area contributed by atoms with E-state index in [0.717, 1.165) is 13.0 Å². The first-order valence-electron chi connectivity index (χ1n) is 13.9. The van der Waals surface area contributed by atoms with Gasteiger partial charge in [0.2, 0.25) is 5.76 Å². The summed E-state index contributed by atoms with van der Waals surface area (Å²) in [5.74, 6) is -4.84. The van der Waals surface area contributed by atoms with Crippen LogP contribution in [-0.2, 0) is 72.2 Å². The second-order valence-electron chi connectivity index (χ2n) is 11.0. The number of carboxylic acid groups (broad SMARTS) is 1. The molecule has 3 aliphatic heterocycles. The predicted molar refractivity (Wildman–Crippen MR) is 149 cm³/mol. The minimum atomic E-state index is -5.34. The number of carbonyl (C=O) groups is 1. The second-order valence-corrected chi connectivity index (χ2v) is 14.2. The van der Waals surface area contributed by atoms with E-state index in [9.17, 15) is 60.1 Å². The Morgan fingerprint density at radius 3 is 1.80 bits per heavy atom. The number of aliphatic hydroxyl groups excluding tert-OH is 5. The fourth-order valence-corrected chi connectivity index (χ4v) is 6.62. The molecule has 0 radical (unpaired) electrons. The van der Waals surface area contributed by atoms with Gasteiger partial charge in [-0.15, -0.1) is 0 Å². The Morgan fingerprint density at radius 1 is 0.694 bits per heavy atom. The average molecular weight is 781 g/mol. The number of carboxylic acids is 1. The molecule has 0 saturated carbocycles. The first-order valence-corrected chi connectivity index (χ1v) is 18.0. The van der Waals surface area contributed by atoms with E-state index in [2.05, 4.69) is 12.5 Å². The van der Waals surface area contributed by atoms with Crippen LogP contribution in [0.5, 0.6) is 0 Å². The summed E-state index contributed by atoms with van der Waals surface area (Å²) in [4.78, 5) is 11.3. The van der Waals surface area contributed by atoms with Crippen molar-refractivity contribution in [2.45, 2.75) is 74.3 Å².